The Morgan fingerprint density at radius 2 is 1.95 bits per heavy atom. The molecule has 0 amide bonds. The summed E-state index contributed by atoms with van der Waals surface area (Å²) in [4.78, 5) is 2.89. The van der Waals surface area contributed by atoms with Gasteiger partial charge in [-0.25, -0.2) is 0 Å². The van der Waals surface area contributed by atoms with Gasteiger partial charge in [0.15, 0.2) is 0 Å². The molecule has 3 rings (SSSR count). The monoisotopic (exact) mass is 264 g/mol. The lowest BCUT2D eigenvalue weighted by atomic mass is 9.81. The molecule has 2 heteroatoms. The molecule has 0 aromatic carbocycles. The van der Waals surface area contributed by atoms with E-state index >= 15 is 0 Å². The van der Waals surface area contributed by atoms with Gasteiger partial charge in [0.2, 0.25) is 0 Å². The first kappa shape index (κ1) is 13.9. The van der Waals surface area contributed by atoms with Gasteiger partial charge in [0.25, 0.3) is 0 Å². The van der Waals surface area contributed by atoms with E-state index in [1.54, 1.807) is 0 Å². The maximum atomic E-state index is 3.86. The van der Waals surface area contributed by atoms with E-state index < -0.39 is 0 Å². The van der Waals surface area contributed by atoms with E-state index in [-0.39, 0.29) is 0 Å². The van der Waals surface area contributed by atoms with Crippen LogP contribution in [0, 0.1) is 17.8 Å². The Morgan fingerprint density at radius 3 is 2.47 bits per heavy atom. The van der Waals surface area contributed by atoms with E-state index in [9.17, 15) is 0 Å². The van der Waals surface area contributed by atoms with Crippen molar-refractivity contribution in [2.75, 3.05) is 19.6 Å². The molecule has 1 saturated heterocycles. The molecule has 2 atom stereocenters. The van der Waals surface area contributed by atoms with Gasteiger partial charge in [-0.2, -0.15) is 0 Å². The first-order valence-electron chi connectivity index (χ1n) is 8.56. The van der Waals surface area contributed by atoms with Crippen molar-refractivity contribution in [3.8, 4) is 0 Å². The third kappa shape index (κ3) is 3.00. The van der Waals surface area contributed by atoms with Crippen molar-refractivity contribution in [1.29, 1.82) is 0 Å². The molecule has 2 unspecified atom stereocenters. The molecule has 1 heterocycles. The number of nitrogens with one attached hydrogen (secondary N) is 1. The second kappa shape index (κ2) is 5.37. The molecule has 0 bridgehead atoms. The predicted molar refractivity (Wildman–Crippen MR) is 81.3 cm³/mol. The first-order chi connectivity index (χ1) is 9.08. The van der Waals surface area contributed by atoms with E-state index in [0.29, 0.717) is 5.54 Å². The summed E-state index contributed by atoms with van der Waals surface area (Å²) in [5, 5.41) is 3.86. The number of rotatable bonds is 5. The zero-order valence-electron chi connectivity index (χ0n) is 13.1. The van der Waals surface area contributed by atoms with E-state index in [2.05, 4.69) is 31.0 Å². The number of hydrogen-bond donors (Lipinski definition) is 1. The fourth-order valence-corrected chi connectivity index (χ4v) is 4.11. The smallest absolute Gasteiger partial charge is 0.0334 e. The van der Waals surface area contributed by atoms with E-state index in [4.69, 9.17) is 0 Å². The highest BCUT2D eigenvalue weighted by molar-refractivity contribution is 5.05. The molecule has 1 aliphatic heterocycles. The van der Waals surface area contributed by atoms with Crippen molar-refractivity contribution in [3.05, 3.63) is 0 Å². The van der Waals surface area contributed by atoms with Gasteiger partial charge in [0, 0.05) is 31.2 Å². The molecule has 0 radical (unpaired) electrons. The second-order valence-corrected chi connectivity index (χ2v) is 8.04. The minimum atomic E-state index is 0.461. The van der Waals surface area contributed by atoms with E-state index in [1.807, 2.05) is 0 Å². The van der Waals surface area contributed by atoms with E-state index in [0.717, 1.165) is 23.8 Å². The number of hydrogen-bond acceptors (Lipinski definition) is 2. The standard InChI is InChI=1S/C17H32N2/c1-13(2)9-16-11-19(10-14-5-4-6-14)17(3,12-18-16)15-7-8-15/h13-16,18H,4-12H2,1-3H3. The predicted octanol–water partition coefficient (Wildman–Crippen LogP) is 3.28. The van der Waals surface area contributed by atoms with Crippen LogP contribution in [0.15, 0.2) is 0 Å². The minimum absolute atomic E-state index is 0.461. The Labute approximate surface area is 119 Å². The van der Waals surface area contributed by atoms with Gasteiger partial charge in [0.1, 0.15) is 0 Å². The Bertz CT molecular complexity index is 306. The highest BCUT2D eigenvalue weighted by Gasteiger charge is 2.48. The third-order valence-electron chi connectivity index (χ3n) is 5.83. The van der Waals surface area contributed by atoms with Gasteiger partial charge >= 0.3 is 0 Å². The number of piperazine rings is 1. The quantitative estimate of drug-likeness (QED) is 0.820. The fourth-order valence-electron chi connectivity index (χ4n) is 4.11. The van der Waals surface area contributed by atoms with E-state index in [1.165, 1.54) is 58.2 Å². The highest BCUT2D eigenvalue weighted by atomic mass is 15.3. The van der Waals surface area contributed by atoms with Crippen LogP contribution >= 0.6 is 0 Å². The minimum Gasteiger partial charge on any atom is -0.311 e. The van der Waals surface area contributed by atoms with Crippen LogP contribution in [0.1, 0.15) is 59.3 Å². The summed E-state index contributed by atoms with van der Waals surface area (Å²) in [6.45, 7) is 11.1. The summed E-state index contributed by atoms with van der Waals surface area (Å²) >= 11 is 0. The van der Waals surface area contributed by atoms with Crippen molar-refractivity contribution in [1.82, 2.24) is 10.2 Å². The molecular weight excluding hydrogens is 232 g/mol. The fraction of sp³-hybridized carbons (Fsp3) is 1.00. The summed E-state index contributed by atoms with van der Waals surface area (Å²) in [7, 11) is 0. The van der Waals surface area contributed by atoms with Crippen LogP contribution < -0.4 is 5.32 Å². The molecule has 3 fully saturated rings. The molecule has 1 N–H and O–H groups in total. The number of nitrogens with zero attached hydrogens (tertiary/aromatic N) is 1. The highest BCUT2D eigenvalue weighted by Crippen LogP contribution is 2.45. The van der Waals surface area contributed by atoms with Crippen LogP contribution in [0.25, 0.3) is 0 Å². The van der Waals surface area contributed by atoms with Crippen molar-refractivity contribution < 1.29 is 0 Å². The molecule has 2 nitrogen and oxygen atoms in total. The zero-order valence-corrected chi connectivity index (χ0v) is 13.1. The van der Waals surface area contributed by atoms with Gasteiger partial charge in [-0.1, -0.05) is 20.3 Å². The SMILES string of the molecule is CC(C)CC1CN(CC2CCC2)C(C)(C2CC2)CN1. The lowest BCUT2D eigenvalue weighted by Gasteiger charge is -2.51. The van der Waals surface area contributed by atoms with Gasteiger partial charge in [-0.3, -0.25) is 4.90 Å². The topological polar surface area (TPSA) is 15.3 Å². The maximum Gasteiger partial charge on any atom is 0.0334 e. The van der Waals surface area contributed by atoms with Crippen LogP contribution in [0.3, 0.4) is 0 Å². The lowest BCUT2D eigenvalue weighted by Crippen LogP contribution is -2.65. The van der Waals surface area contributed by atoms with Crippen molar-refractivity contribution in [2.24, 2.45) is 17.8 Å². The summed E-state index contributed by atoms with van der Waals surface area (Å²) in [5.74, 6) is 2.80. The zero-order chi connectivity index (χ0) is 13.5. The molecule has 0 spiro atoms. The average molecular weight is 264 g/mol. The molecular formula is C17H32N2. The average Bonchev–Trinajstić information content (AvgIpc) is 3.11. The summed E-state index contributed by atoms with van der Waals surface area (Å²) < 4.78 is 0. The third-order valence-corrected chi connectivity index (χ3v) is 5.83. The Morgan fingerprint density at radius 1 is 1.21 bits per heavy atom. The molecule has 2 aliphatic carbocycles. The molecule has 3 aliphatic rings. The molecule has 2 saturated carbocycles. The molecule has 110 valence electrons. The lowest BCUT2D eigenvalue weighted by molar-refractivity contribution is 0.00768. The van der Waals surface area contributed by atoms with Gasteiger partial charge in [0.05, 0.1) is 0 Å². The second-order valence-electron chi connectivity index (χ2n) is 8.04. The Hall–Kier alpha value is -0.0800. The molecule has 0 aromatic rings. The normalized spacial score (nSPS) is 37.6. The largest absolute Gasteiger partial charge is 0.311 e. The Balaban J connectivity index is 1.64. The van der Waals surface area contributed by atoms with Gasteiger partial charge < -0.3 is 5.32 Å². The molecule has 0 aromatic heterocycles. The van der Waals surface area contributed by atoms with Gasteiger partial charge in [-0.05, 0) is 56.8 Å². The van der Waals surface area contributed by atoms with Crippen LogP contribution in [0.5, 0.6) is 0 Å². The summed E-state index contributed by atoms with van der Waals surface area (Å²) in [6.07, 6.45) is 8.72. The van der Waals surface area contributed by atoms with Crippen molar-refractivity contribution in [2.45, 2.75) is 70.9 Å². The summed E-state index contributed by atoms with van der Waals surface area (Å²) in [5.41, 5.74) is 0.461. The molecule has 19 heavy (non-hydrogen) atoms. The summed E-state index contributed by atoms with van der Waals surface area (Å²) in [6, 6.07) is 0.729. The van der Waals surface area contributed by atoms with Crippen LogP contribution in [0.4, 0.5) is 0 Å². The van der Waals surface area contributed by atoms with Gasteiger partial charge in [-0.15, -0.1) is 0 Å². The van der Waals surface area contributed by atoms with Crippen LogP contribution in [0.2, 0.25) is 0 Å². The first-order valence-corrected chi connectivity index (χ1v) is 8.56. The Kier molecular flexibility index (Phi) is 3.92. The van der Waals surface area contributed by atoms with Crippen molar-refractivity contribution >= 4 is 0 Å². The maximum absolute atomic E-state index is 3.86. The van der Waals surface area contributed by atoms with Crippen LogP contribution in [-0.2, 0) is 0 Å². The van der Waals surface area contributed by atoms with Crippen molar-refractivity contribution in [3.63, 3.8) is 0 Å². The van der Waals surface area contributed by atoms with Crippen LogP contribution in [-0.4, -0.2) is 36.1 Å².